The third-order valence-corrected chi connectivity index (χ3v) is 3.34. The van der Waals surface area contributed by atoms with Gasteiger partial charge in [-0.2, -0.15) is 13.2 Å². The van der Waals surface area contributed by atoms with E-state index in [4.69, 9.17) is 9.47 Å². The standard InChI is InChI=1S/C14H16F3NO3/c1-3-18(13(19)14(15,16)17)9(2)6-10-4-5-11-12(7-10)21-8-20-11/h4-5,7,9H,3,6,8H2,1-2H3/t9-/m0/s1. The van der Waals surface area contributed by atoms with Crippen molar-refractivity contribution in [3.05, 3.63) is 23.8 Å². The van der Waals surface area contributed by atoms with Crippen LogP contribution in [-0.2, 0) is 11.2 Å². The van der Waals surface area contributed by atoms with E-state index in [1.54, 1.807) is 25.1 Å². The lowest BCUT2D eigenvalue weighted by Crippen LogP contribution is -2.46. The third-order valence-electron chi connectivity index (χ3n) is 3.34. The summed E-state index contributed by atoms with van der Waals surface area (Å²) in [4.78, 5) is 12.2. The predicted octanol–water partition coefficient (Wildman–Crippen LogP) is 2.76. The molecule has 0 saturated heterocycles. The SMILES string of the molecule is CCN(C(=O)C(F)(F)F)[C@@H](C)Cc1ccc2c(c1)OCO2. The van der Waals surface area contributed by atoms with Gasteiger partial charge in [-0.15, -0.1) is 0 Å². The Morgan fingerprint density at radius 2 is 2.00 bits per heavy atom. The Balaban J connectivity index is 2.09. The first-order chi connectivity index (χ1) is 9.82. The number of nitrogens with zero attached hydrogens (tertiary/aromatic N) is 1. The van der Waals surface area contributed by atoms with Crippen LogP contribution in [-0.4, -0.2) is 36.4 Å². The Bertz CT molecular complexity index is 531. The van der Waals surface area contributed by atoms with Crippen molar-refractivity contribution in [3.8, 4) is 11.5 Å². The summed E-state index contributed by atoms with van der Waals surface area (Å²) in [5.74, 6) is -0.617. The van der Waals surface area contributed by atoms with Gasteiger partial charge in [-0.25, -0.2) is 0 Å². The highest BCUT2D eigenvalue weighted by Crippen LogP contribution is 2.33. The van der Waals surface area contributed by atoms with Gasteiger partial charge < -0.3 is 14.4 Å². The van der Waals surface area contributed by atoms with Gasteiger partial charge in [-0.3, -0.25) is 4.79 Å². The lowest BCUT2D eigenvalue weighted by atomic mass is 10.0. The zero-order valence-electron chi connectivity index (χ0n) is 11.7. The molecule has 1 aliphatic rings. The van der Waals surface area contributed by atoms with E-state index in [-0.39, 0.29) is 13.3 Å². The number of benzene rings is 1. The molecule has 1 aromatic rings. The molecular formula is C14H16F3NO3. The molecule has 0 bridgehead atoms. The third kappa shape index (κ3) is 3.40. The number of carbonyl (C=O) groups excluding carboxylic acids is 1. The second-order valence-electron chi connectivity index (χ2n) is 4.83. The van der Waals surface area contributed by atoms with Gasteiger partial charge in [0.15, 0.2) is 11.5 Å². The Morgan fingerprint density at radius 3 is 2.62 bits per heavy atom. The minimum atomic E-state index is -4.85. The van der Waals surface area contributed by atoms with Crippen LogP contribution in [0.3, 0.4) is 0 Å². The number of alkyl halides is 3. The molecule has 0 fully saturated rings. The van der Waals surface area contributed by atoms with Gasteiger partial charge in [0.1, 0.15) is 0 Å². The Labute approximate surface area is 120 Å². The molecule has 0 spiro atoms. The van der Waals surface area contributed by atoms with Gasteiger partial charge in [-0.05, 0) is 38.0 Å². The van der Waals surface area contributed by atoms with Crippen molar-refractivity contribution >= 4 is 5.91 Å². The van der Waals surface area contributed by atoms with Gasteiger partial charge in [-0.1, -0.05) is 6.07 Å². The van der Waals surface area contributed by atoms with E-state index < -0.39 is 18.1 Å². The molecule has 2 rings (SSSR count). The molecule has 1 atom stereocenters. The van der Waals surface area contributed by atoms with Gasteiger partial charge in [0.05, 0.1) is 0 Å². The van der Waals surface area contributed by atoms with Gasteiger partial charge in [0, 0.05) is 12.6 Å². The lowest BCUT2D eigenvalue weighted by molar-refractivity contribution is -0.187. The minimum absolute atomic E-state index is 0.00403. The molecule has 0 unspecified atom stereocenters. The zero-order chi connectivity index (χ0) is 15.6. The lowest BCUT2D eigenvalue weighted by Gasteiger charge is -2.28. The van der Waals surface area contributed by atoms with Crippen molar-refractivity contribution in [1.82, 2.24) is 4.90 Å². The molecule has 1 aliphatic heterocycles. The van der Waals surface area contributed by atoms with E-state index in [1.807, 2.05) is 0 Å². The summed E-state index contributed by atoms with van der Waals surface area (Å²) >= 11 is 0. The van der Waals surface area contributed by atoms with E-state index in [0.29, 0.717) is 17.9 Å². The van der Waals surface area contributed by atoms with Crippen LogP contribution < -0.4 is 9.47 Å². The molecule has 116 valence electrons. The predicted molar refractivity (Wildman–Crippen MR) is 69.2 cm³/mol. The maximum atomic E-state index is 12.5. The van der Waals surface area contributed by atoms with E-state index in [0.717, 1.165) is 10.5 Å². The molecule has 7 heteroatoms. The number of halogens is 3. The first kappa shape index (κ1) is 15.5. The molecule has 21 heavy (non-hydrogen) atoms. The largest absolute Gasteiger partial charge is 0.471 e. The molecular weight excluding hydrogens is 287 g/mol. The summed E-state index contributed by atoms with van der Waals surface area (Å²) in [5.41, 5.74) is 0.792. The maximum Gasteiger partial charge on any atom is 0.471 e. The molecule has 0 aromatic heterocycles. The number of likely N-dealkylation sites (N-methyl/N-ethyl adjacent to an activating group) is 1. The van der Waals surface area contributed by atoms with Crippen LogP contribution >= 0.6 is 0 Å². The average molecular weight is 303 g/mol. The zero-order valence-corrected chi connectivity index (χ0v) is 11.7. The number of fused-ring (bicyclic) bond motifs is 1. The highest BCUT2D eigenvalue weighted by Gasteiger charge is 2.43. The van der Waals surface area contributed by atoms with Gasteiger partial charge in [0.2, 0.25) is 6.79 Å². The summed E-state index contributed by atoms with van der Waals surface area (Å²) in [6, 6.07) is 4.64. The Kier molecular flexibility index (Phi) is 4.29. The maximum absolute atomic E-state index is 12.5. The van der Waals surface area contributed by atoms with Crippen LogP contribution in [0.2, 0.25) is 0 Å². The fourth-order valence-corrected chi connectivity index (χ4v) is 2.34. The molecule has 0 radical (unpaired) electrons. The van der Waals surface area contributed by atoms with E-state index >= 15 is 0 Å². The topological polar surface area (TPSA) is 38.8 Å². The molecule has 0 saturated carbocycles. The van der Waals surface area contributed by atoms with Crippen molar-refractivity contribution in [2.24, 2.45) is 0 Å². The highest BCUT2D eigenvalue weighted by atomic mass is 19.4. The summed E-state index contributed by atoms with van der Waals surface area (Å²) in [5, 5.41) is 0. The van der Waals surface area contributed by atoms with Crippen LogP contribution in [0.25, 0.3) is 0 Å². The number of hydrogen-bond donors (Lipinski definition) is 0. The van der Waals surface area contributed by atoms with E-state index in [1.165, 1.54) is 6.92 Å². The van der Waals surface area contributed by atoms with Crippen LogP contribution in [0.1, 0.15) is 19.4 Å². The normalized spacial score (nSPS) is 14.9. The number of amides is 1. The average Bonchev–Trinajstić information content (AvgIpc) is 2.85. The molecule has 1 amide bonds. The minimum Gasteiger partial charge on any atom is -0.454 e. The van der Waals surface area contributed by atoms with Crippen molar-refractivity contribution in [2.75, 3.05) is 13.3 Å². The molecule has 0 aliphatic carbocycles. The molecule has 4 nitrogen and oxygen atoms in total. The molecule has 0 N–H and O–H groups in total. The summed E-state index contributed by atoms with van der Waals surface area (Å²) in [6.07, 6.45) is -4.54. The summed E-state index contributed by atoms with van der Waals surface area (Å²) in [7, 11) is 0. The van der Waals surface area contributed by atoms with E-state index in [9.17, 15) is 18.0 Å². The van der Waals surface area contributed by atoms with E-state index in [2.05, 4.69) is 0 Å². The number of ether oxygens (including phenoxy) is 2. The van der Waals surface area contributed by atoms with Crippen LogP contribution in [0.15, 0.2) is 18.2 Å². The smallest absolute Gasteiger partial charge is 0.454 e. The first-order valence-electron chi connectivity index (χ1n) is 6.59. The highest BCUT2D eigenvalue weighted by molar-refractivity contribution is 5.82. The van der Waals surface area contributed by atoms with Crippen molar-refractivity contribution in [2.45, 2.75) is 32.5 Å². The monoisotopic (exact) mass is 303 g/mol. The number of carbonyl (C=O) groups is 1. The van der Waals surface area contributed by atoms with Gasteiger partial charge in [0.25, 0.3) is 0 Å². The number of hydrogen-bond acceptors (Lipinski definition) is 3. The molecule has 1 heterocycles. The Morgan fingerprint density at radius 1 is 1.33 bits per heavy atom. The van der Waals surface area contributed by atoms with Crippen LogP contribution in [0, 0.1) is 0 Å². The van der Waals surface area contributed by atoms with Crippen molar-refractivity contribution < 1.29 is 27.4 Å². The quantitative estimate of drug-likeness (QED) is 0.858. The van der Waals surface area contributed by atoms with Crippen LogP contribution in [0.4, 0.5) is 13.2 Å². The summed E-state index contributed by atoms with van der Waals surface area (Å²) in [6.45, 7) is 3.27. The van der Waals surface area contributed by atoms with Crippen molar-refractivity contribution in [3.63, 3.8) is 0 Å². The molecule has 1 aromatic carbocycles. The van der Waals surface area contributed by atoms with Crippen LogP contribution in [0.5, 0.6) is 11.5 Å². The first-order valence-corrected chi connectivity index (χ1v) is 6.59. The fraction of sp³-hybridized carbons (Fsp3) is 0.500. The van der Waals surface area contributed by atoms with Crippen molar-refractivity contribution in [1.29, 1.82) is 0 Å². The summed E-state index contributed by atoms with van der Waals surface area (Å²) < 4.78 is 48.0. The number of rotatable bonds is 4. The fourth-order valence-electron chi connectivity index (χ4n) is 2.34. The second-order valence-corrected chi connectivity index (χ2v) is 4.83. The second kappa shape index (κ2) is 5.83. The Hall–Kier alpha value is -1.92. The van der Waals surface area contributed by atoms with Gasteiger partial charge >= 0.3 is 12.1 Å².